The summed E-state index contributed by atoms with van der Waals surface area (Å²) in [7, 11) is 0. The van der Waals surface area contributed by atoms with Crippen LogP contribution < -0.4 is 0 Å². The predicted molar refractivity (Wildman–Crippen MR) is 437 cm³/mol. The van der Waals surface area contributed by atoms with Crippen LogP contribution >= 0.6 is 56.7 Å². The topological polar surface area (TPSA) is 175 Å². The third kappa shape index (κ3) is 109. The Hall–Kier alpha value is -6.96. The van der Waals surface area contributed by atoms with Crippen molar-refractivity contribution in [1.82, 2.24) is 39.9 Å². The Labute approximate surface area is 609 Å². The molecule has 18 heteroatoms. The Morgan fingerprint density at radius 3 is 1.12 bits per heavy atom. The van der Waals surface area contributed by atoms with Gasteiger partial charge in [-0.15, -0.1) is 45.3 Å². The zero-order chi connectivity index (χ0) is 76.9. The summed E-state index contributed by atoms with van der Waals surface area (Å²) < 4.78 is 23.6. The van der Waals surface area contributed by atoms with Crippen LogP contribution in [0.25, 0.3) is 0 Å². The zero-order valence-electron chi connectivity index (χ0n) is 67.1. The minimum Gasteiger partial charge on any atom is -0.472 e. The summed E-state index contributed by atoms with van der Waals surface area (Å²) in [6.45, 7) is 71.7. The van der Waals surface area contributed by atoms with Crippen molar-refractivity contribution in [2.75, 3.05) is 0 Å². The van der Waals surface area contributed by atoms with E-state index in [1.807, 2.05) is 305 Å². The highest BCUT2D eigenvalue weighted by molar-refractivity contribution is 7.10. The Balaban J connectivity index is -0.0000000779. The minimum absolute atomic E-state index is 0.718. The summed E-state index contributed by atoms with van der Waals surface area (Å²) in [5, 5.41) is 11.4. The highest BCUT2D eigenvalue weighted by Gasteiger charge is 1.82. The maximum Gasteiger partial charge on any atom is 0.190 e. The van der Waals surface area contributed by atoms with E-state index >= 15 is 0 Å². The van der Waals surface area contributed by atoms with E-state index < -0.39 is 0 Å². The van der Waals surface area contributed by atoms with Crippen LogP contribution in [0, 0.1) is 83.1 Å². The van der Waals surface area contributed by atoms with Gasteiger partial charge in [-0.1, -0.05) is 172 Å². The highest BCUT2D eigenvalue weighted by atomic mass is 32.1. The molecule has 0 spiro atoms. The number of aromatic nitrogens is 8. The van der Waals surface area contributed by atoms with Gasteiger partial charge in [0, 0.05) is 69.8 Å². The fourth-order valence-corrected chi connectivity index (χ4v) is 6.50. The second-order valence-corrected chi connectivity index (χ2v) is 19.2. The maximum absolute atomic E-state index is 4.83. The van der Waals surface area contributed by atoms with Crippen LogP contribution in [0.1, 0.15) is 232 Å². The molecule has 0 saturated carbocycles. The van der Waals surface area contributed by atoms with Crippen molar-refractivity contribution in [3.8, 4) is 0 Å². The van der Waals surface area contributed by atoms with E-state index in [1.54, 1.807) is 114 Å². The number of hydrogen-bond donors (Lipinski definition) is 2. The lowest BCUT2D eigenvalue weighted by Gasteiger charge is -1.70. The van der Waals surface area contributed by atoms with Crippen molar-refractivity contribution in [1.29, 1.82) is 0 Å². The van der Waals surface area contributed by atoms with E-state index in [4.69, 9.17) is 17.7 Å². The SMILES string of the molecule is CC.CC.CC.CC.CC.CC.CC.CC.CC.CC.CC.CC.Cc1cc[nH]c1.Cc1ccc[nH]1.Cc1ccco1.Cc1cccs1.Cc1ccoc1.Cc1ccsc1.Cc1cnco1.Cc1cncs1.Cc1cocn1.Cc1cscn1.Cc1ncco1.Cc1nccs1. The fourth-order valence-electron chi connectivity index (χ4n) is 3.91. The first kappa shape index (κ1) is 116. The van der Waals surface area contributed by atoms with Crippen molar-refractivity contribution in [2.45, 2.75) is 249 Å². The number of furan rings is 2. The molecule has 0 unspecified atom stereocenters. The van der Waals surface area contributed by atoms with Gasteiger partial charge in [0.25, 0.3) is 0 Å². The molecule has 0 atom stereocenters. The number of rotatable bonds is 0. The largest absolute Gasteiger partial charge is 0.472 e. The van der Waals surface area contributed by atoms with Gasteiger partial charge < -0.3 is 32.1 Å². The number of thiazole rings is 3. The van der Waals surface area contributed by atoms with Gasteiger partial charge in [0.2, 0.25) is 0 Å². The van der Waals surface area contributed by atoms with Gasteiger partial charge in [-0.05, 0) is 158 Å². The zero-order valence-corrected chi connectivity index (χ0v) is 71.2. The number of H-pyrrole nitrogens is 2. The fraction of sp³-hybridized carbons (Fsp3) is 0.462. The second-order valence-electron chi connectivity index (χ2n) is 14.4. The Morgan fingerprint density at radius 1 is 0.375 bits per heavy atom. The Morgan fingerprint density at radius 2 is 1.00 bits per heavy atom. The average molecular weight is 1430 g/mol. The van der Waals surface area contributed by atoms with Gasteiger partial charge in [-0.25, -0.2) is 15.0 Å². The third-order valence-electron chi connectivity index (χ3n) is 7.50. The molecule has 2 N–H and O–H groups in total. The first-order chi connectivity index (χ1) is 46.7. The summed E-state index contributed by atoms with van der Waals surface area (Å²) in [5.41, 5.74) is 10.7. The van der Waals surface area contributed by atoms with Crippen LogP contribution in [0.5, 0.6) is 0 Å². The van der Waals surface area contributed by atoms with Gasteiger partial charge in [-0.3, -0.25) is 15.0 Å². The molecular formula is C78H140N8O5S5. The van der Waals surface area contributed by atoms with Crippen molar-refractivity contribution in [3.63, 3.8) is 0 Å². The van der Waals surface area contributed by atoms with Crippen LogP contribution in [0.15, 0.2) is 202 Å². The van der Waals surface area contributed by atoms with E-state index in [0.717, 1.165) is 33.8 Å². The smallest absolute Gasteiger partial charge is 0.190 e. The molecular weight excluding hydrogens is 1290 g/mol. The summed E-state index contributed by atoms with van der Waals surface area (Å²) in [6, 6.07) is 18.0. The lowest BCUT2D eigenvalue weighted by molar-refractivity contribution is 0.521. The summed E-state index contributed by atoms with van der Waals surface area (Å²) >= 11 is 8.48. The lowest BCUT2D eigenvalue weighted by atomic mass is 10.4. The summed E-state index contributed by atoms with van der Waals surface area (Å²) in [4.78, 5) is 31.5. The summed E-state index contributed by atoms with van der Waals surface area (Å²) in [6.07, 6.45) is 23.7. The molecule has 0 saturated heterocycles. The Bertz CT molecular complexity index is 2030. The van der Waals surface area contributed by atoms with Gasteiger partial charge in [0.1, 0.15) is 24.0 Å². The molecule has 552 valence electrons. The van der Waals surface area contributed by atoms with E-state index in [1.165, 1.54) is 44.9 Å². The van der Waals surface area contributed by atoms with Crippen LogP contribution in [-0.4, -0.2) is 39.9 Å². The first-order valence-corrected chi connectivity index (χ1v) is 38.5. The number of aryl methyl sites for hydroxylation is 12. The lowest BCUT2D eigenvalue weighted by Crippen LogP contribution is -1.59. The van der Waals surface area contributed by atoms with Crippen molar-refractivity contribution >= 4 is 56.7 Å². The van der Waals surface area contributed by atoms with Gasteiger partial charge >= 0.3 is 0 Å². The minimum atomic E-state index is 0.718. The molecule has 12 heterocycles. The van der Waals surface area contributed by atoms with E-state index in [9.17, 15) is 0 Å². The number of nitrogens with one attached hydrogen (secondary N) is 2. The van der Waals surface area contributed by atoms with Crippen LogP contribution in [0.3, 0.4) is 0 Å². The number of hydrogen-bond acceptors (Lipinski definition) is 16. The first-order valence-electron chi connectivity index (χ1n) is 34.0. The molecule has 0 bridgehead atoms. The molecule has 0 fully saturated rings. The number of oxazole rings is 3. The van der Waals surface area contributed by atoms with Crippen LogP contribution in [0.2, 0.25) is 0 Å². The quantitative estimate of drug-likeness (QED) is 0.148. The molecule has 12 rings (SSSR count). The van der Waals surface area contributed by atoms with Gasteiger partial charge in [-0.2, -0.15) is 11.3 Å². The number of aromatic amines is 2. The number of nitrogens with zero attached hydrogens (tertiary/aromatic N) is 6. The average Bonchev–Trinajstić information content (AvgIpc) is 4.46. The molecule has 0 aromatic carbocycles. The molecule has 13 nitrogen and oxygen atoms in total. The maximum atomic E-state index is 4.83. The highest BCUT2D eigenvalue weighted by Crippen LogP contribution is 2.04. The van der Waals surface area contributed by atoms with E-state index in [-0.39, 0.29) is 0 Å². The molecule has 0 radical (unpaired) electrons. The molecule has 0 aliphatic heterocycles. The molecule has 0 aliphatic rings. The van der Waals surface area contributed by atoms with Gasteiger partial charge in [0.05, 0.1) is 52.9 Å². The van der Waals surface area contributed by atoms with Crippen molar-refractivity contribution in [2.24, 2.45) is 0 Å². The standard InChI is InChI=1S/2C5H7N.2C5H6O.2C5H6S.3C4H5NO.3C4H5NS.12C2H6/c1-5-2-3-6-4-5;1-5-3-2-4-6-5;1-5-2-3-6-4-5;1-5-3-2-4-6-5;1-5-2-3-6-4-5;1-5-3-2-4-6-5;1-4-2-6-3-5-4;1-4-2-5-3-6-4;1-4-5-2-3-6-4;1-4-2-6-3-5-4;1-4-2-5-3-6-4;1-4-5-2-3-6-4;12*1-2/h2*2-4,6H,1H3;4*2-4H,1H3;6*2-3H,1H3;12*1-2H3. The molecule has 96 heavy (non-hydrogen) atoms. The molecule has 0 aliphatic carbocycles. The van der Waals surface area contributed by atoms with E-state index in [0.29, 0.717) is 0 Å². The molecule has 12 aromatic rings. The number of thiophene rings is 2. The van der Waals surface area contributed by atoms with Crippen molar-refractivity contribution < 1.29 is 22.1 Å². The second kappa shape index (κ2) is 112. The third-order valence-corrected chi connectivity index (χ3v) is 11.2. The molecule has 0 amide bonds. The summed E-state index contributed by atoms with van der Waals surface area (Å²) in [5.74, 6) is 2.54. The van der Waals surface area contributed by atoms with Crippen LogP contribution in [0.4, 0.5) is 0 Å². The van der Waals surface area contributed by atoms with Gasteiger partial charge in [0.15, 0.2) is 18.7 Å². The molecule has 12 aromatic heterocycles. The predicted octanol–water partition coefficient (Wildman–Crippen LogP) is 29.6. The van der Waals surface area contributed by atoms with Crippen molar-refractivity contribution in [3.05, 3.63) is 246 Å². The van der Waals surface area contributed by atoms with E-state index in [2.05, 4.69) is 99.4 Å². The normalized spacial score (nSPS) is 7.38. The monoisotopic (exact) mass is 1430 g/mol. The van der Waals surface area contributed by atoms with Crippen LogP contribution in [-0.2, 0) is 0 Å². The Kier molecular flexibility index (Phi) is 136.